The Bertz CT molecular complexity index is 395. The summed E-state index contributed by atoms with van der Waals surface area (Å²) in [5, 5.41) is 3.51. The second-order valence-corrected chi connectivity index (χ2v) is 5.74. The number of benzene rings is 1. The molecule has 2 saturated heterocycles. The Morgan fingerprint density at radius 1 is 1.28 bits per heavy atom. The quantitative estimate of drug-likeness (QED) is 0.881. The molecule has 0 aromatic heterocycles. The summed E-state index contributed by atoms with van der Waals surface area (Å²) in [6.45, 7) is 5.99. The Morgan fingerprint density at radius 3 is 2.78 bits per heavy atom. The van der Waals surface area contributed by atoms with Crippen LogP contribution in [0.3, 0.4) is 0 Å². The van der Waals surface area contributed by atoms with Crippen molar-refractivity contribution in [2.24, 2.45) is 5.41 Å². The zero-order valence-electron chi connectivity index (χ0n) is 11.1. The summed E-state index contributed by atoms with van der Waals surface area (Å²) >= 11 is 0. The first-order valence-corrected chi connectivity index (χ1v) is 6.86. The van der Waals surface area contributed by atoms with E-state index in [0.717, 1.165) is 12.3 Å². The Labute approximate surface area is 109 Å². The van der Waals surface area contributed by atoms with Gasteiger partial charge in [0.1, 0.15) is 5.75 Å². The Kier molecular flexibility index (Phi) is 3.27. The van der Waals surface area contributed by atoms with E-state index in [0.29, 0.717) is 5.41 Å². The third kappa shape index (κ3) is 2.38. The highest BCUT2D eigenvalue weighted by molar-refractivity contribution is 5.27. The van der Waals surface area contributed by atoms with Gasteiger partial charge in [0, 0.05) is 19.6 Å². The van der Waals surface area contributed by atoms with Crippen molar-refractivity contribution >= 4 is 0 Å². The van der Waals surface area contributed by atoms with E-state index in [-0.39, 0.29) is 0 Å². The van der Waals surface area contributed by atoms with E-state index in [4.69, 9.17) is 4.74 Å². The molecule has 2 fully saturated rings. The smallest absolute Gasteiger partial charge is 0.118 e. The van der Waals surface area contributed by atoms with E-state index in [1.165, 1.54) is 44.6 Å². The van der Waals surface area contributed by atoms with Crippen LogP contribution in [0.4, 0.5) is 0 Å². The van der Waals surface area contributed by atoms with E-state index in [2.05, 4.69) is 34.5 Å². The van der Waals surface area contributed by atoms with Crippen LogP contribution in [0.1, 0.15) is 18.4 Å². The van der Waals surface area contributed by atoms with Crippen LogP contribution in [0.5, 0.6) is 5.75 Å². The molecule has 0 unspecified atom stereocenters. The van der Waals surface area contributed by atoms with Crippen molar-refractivity contribution in [3.8, 4) is 5.75 Å². The van der Waals surface area contributed by atoms with Gasteiger partial charge in [-0.25, -0.2) is 0 Å². The number of nitrogens with zero attached hydrogens (tertiary/aromatic N) is 1. The summed E-state index contributed by atoms with van der Waals surface area (Å²) in [5.41, 5.74) is 1.96. The molecule has 0 aliphatic carbocycles. The number of nitrogens with one attached hydrogen (secondary N) is 1. The van der Waals surface area contributed by atoms with Crippen LogP contribution in [-0.4, -0.2) is 38.2 Å². The summed E-state index contributed by atoms with van der Waals surface area (Å²) in [4.78, 5) is 2.59. The molecule has 1 spiro atoms. The van der Waals surface area contributed by atoms with E-state index in [1.807, 2.05) is 0 Å². The predicted molar refractivity (Wildman–Crippen MR) is 72.8 cm³/mol. The molecular weight excluding hydrogens is 224 g/mol. The maximum atomic E-state index is 5.19. The molecule has 2 aliphatic heterocycles. The number of hydrogen-bond acceptors (Lipinski definition) is 3. The third-order valence-electron chi connectivity index (χ3n) is 4.41. The highest BCUT2D eigenvalue weighted by atomic mass is 16.5. The SMILES string of the molecule is COc1ccc(CN2CC[C@]3(CCNC3)C2)cc1. The van der Waals surface area contributed by atoms with Gasteiger partial charge in [-0.3, -0.25) is 4.90 Å². The van der Waals surface area contributed by atoms with Crippen LogP contribution in [0.25, 0.3) is 0 Å². The molecule has 1 N–H and O–H groups in total. The van der Waals surface area contributed by atoms with E-state index in [9.17, 15) is 0 Å². The number of ether oxygens (including phenoxy) is 1. The standard InChI is InChI=1S/C15H22N2O/c1-18-14-4-2-13(3-5-14)10-17-9-7-15(12-17)6-8-16-11-15/h2-5,16H,6-12H2,1H3/t15-/m0/s1. The van der Waals surface area contributed by atoms with Crippen LogP contribution in [0.15, 0.2) is 24.3 Å². The molecule has 0 radical (unpaired) electrons. The Morgan fingerprint density at radius 2 is 2.11 bits per heavy atom. The molecule has 2 heterocycles. The van der Waals surface area contributed by atoms with Crippen LogP contribution >= 0.6 is 0 Å². The van der Waals surface area contributed by atoms with Gasteiger partial charge in [0.2, 0.25) is 0 Å². The highest BCUT2D eigenvalue weighted by Crippen LogP contribution is 2.36. The van der Waals surface area contributed by atoms with Crippen molar-refractivity contribution in [3.63, 3.8) is 0 Å². The minimum absolute atomic E-state index is 0.576. The molecule has 3 nitrogen and oxygen atoms in total. The van der Waals surface area contributed by atoms with Gasteiger partial charge in [0.15, 0.2) is 0 Å². The fourth-order valence-electron chi connectivity index (χ4n) is 3.30. The maximum absolute atomic E-state index is 5.19. The largest absolute Gasteiger partial charge is 0.497 e. The topological polar surface area (TPSA) is 24.5 Å². The molecule has 2 aliphatic rings. The van der Waals surface area contributed by atoms with Gasteiger partial charge in [-0.15, -0.1) is 0 Å². The van der Waals surface area contributed by atoms with E-state index >= 15 is 0 Å². The van der Waals surface area contributed by atoms with E-state index in [1.54, 1.807) is 7.11 Å². The zero-order valence-corrected chi connectivity index (χ0v) is 11.1. The van der Waals surface area contributed by atoms with Gasteiger partial charge in [0.25, 0.3) is 0 Å². The van der Waals surface area contributed by atoms with Crippen molar-refractivity contribution in [1.82, 2.24) is 10.2 Å². The van der Waals surface area contributed by atoms with Gasteiger partial charge in [-0.2, -0.15) is 0 Å². The molecule has 3 rings (SSSR count). The van der Waals surface area contributed by atoms with Crippen molar-refractivity contribution in [2.45, 2.75) is 19.4 Å². The lowest BCUT2D eigenvalue weighted by Gasteiger charge is -2.22. The first kappa shape index (κ1) is 12.0. The molecule has 1 aromatic rings. The lowest BCUT2D eigenvalue weighted by Crippen LogP contribution is -2.28. The lowest BCUT2D eigenvalue weighted by molar-refractivity contribution is 0.268. The van der Waals surface area contributed by atoms with Crippen molar-refractivity contribution in [3.05, 3.63) is 29.8 Å². The molecule has 0 amide bonds. The summed E-state index contributed by atoms with van der Waals surface area (Å²) in [6.07, 6.45) is 2.71. The molecule has 0 saturated carbocycles. The number of likely N-dealkylation sites (tertiary alicyclic amines) is 1. The highest BCUT2D eigenvalue weighted by Gasteiger charge is 2.39. The first-order valence-electron chi connectivity index (χ1n) is 6.86. The van der Waals surface area contributed by atoms with Crippen LogP contribution in [0, 0.1) is 5.41 Å². The minimum Gasteiger partial charge on any atom is -0.497 e. The van der Waals surface area contributed by atoms with Crippen molar-refractivity contribution in [1.29, 1.82) is 0 Å². The average molecular weight is 246 g/mol. The van der Waals surface area contributed by atoms with Gasteiger partial charge >= 0.3 is 0 Å². The van der Waals surface area contributed by atoms with Crippen molar-refractivity contribution < 1.29 is 4.74 Å². The Balaban J connectivity index is 1.60. The molecular formula is C15H22N2O. The number of hydrogen-bond donors (Lipinski definition) is 1. The molecule has 18 heavy (non-hydrogen) atoms. The summed E-state index contributed by atoms with van der Waals surface area (Å²) in [6, 6.07) is 8.46. The van der Waals surface area contributed by atoms with Gasteiger partial charge in [-0.05, 0) is 49.0 Å². The third-order valence-corrected chi connectivity index (χ3v) is 4.41. The van der Waals surface area contributed by atoms with Crippen molar-refractivity contribution in [2.75, 3.05) is 33.3 Å². The number of methoxy groups -OCH3 is 1. The van der Waals surface area contributed by atoms with Gasteiger partial charge in [0.05, 0.1) is 7.11 Å². The Hall–Kier alpha value is -1.06. The zero-order chi connectivity index (χ0) is 12.4. The van der Waals surface area contributed by atoms with Crippen LogP contribution in [-0.2, 0) is 6.54 Å². The summed E-state index contributed by atoms with van der Waals surface area (Å²) in [7, 11) is 1.71. The second-order valence-electron chi connectivity index (χ2n) is 5.74. The molecule has 1 atom stereocenters. The molecule has 98 valence electrons. The molecule has 1 aromatic carbocycles. The number of rotatable bonds is 3. The van der Waals surface area contributed by atoms with Gasteiger partial charge in [-0.1, -0.05) is 12.1 Å². The van der Waals surface area contributed by atoms with Crippen LogP contribution < -0.4 is 10.1 Å². The second kappa shape index (κ2) is 4.90. The molecule has 0 bridgehead atoms. The summed E-state index contributed by atoms with van der Waals surface area (Å²) < 4.78 is 5.19. The first-order chi connectivity index (χ1) is 8.80. The average Bonchev–Trinajstić information content (AvgIpc) is 3.02. The lowest BCUT2D eigenvalue weighted by atomic mass is 9.86. The van der Waals surface area contributed by atoms with Gasteiger partial charge < -0.3 is 10.1 Å². The maximum Gasteiger partial charge on any atom is 0.118 e. The summed E-state index contributed by atoms with van der Waals surface area (Å²) in [5.74, 6) is 0.941. The molecule has 3 heteroatoms. The monoisotopic (exact) mass is 246 g/mol. The predicted octanol–water partition coefficient (Wildman–Crippen LogP) is 1.88. The normalized spacial score (nSPS) is 28.1. The van der Waals surface area contributed by atoms with E-state index < -0.39 is 0 Å². The van der Waals surface area contributed by atoms with Crippen LogP contribution in [0.2, 0.25) is 0 Å². The minimum atomic E-state index is 0.576. The fourth-order valence-corrected chi connectivity index (χ4v) is 3.30. The fraction of sp³-hybridized carbons (Fsp3) is 0.600.